The van der Waals surface area contributed by atoms with E-state index in [4.69, 9.17) is 0 Å². The number of likely N-dealkylation sites (tertiary alicyclic amines) is 1. The third-order valence-corrected chi connectivity index (χ3v) is 4.62. The van der Waals surface area contributed by atoms with E-state index in [0.29, 0.717) is 23.9 Å². The summed E-state index contributed by atoms with van der Waals surface area (Å²) in [6.45, 7) is 9.36. The summed E-state index contributed by atoms with van der Waals surface area (Å²) in [6, 6.07) is 0. The third kappa shape index (κ3) is 3.17. The van der Waals surface area contributed by atoms with Gasteiger partial charge in [-0.3, -0.25) is 4.79 Å². The fraction of sp³-hybridized carbons (Fsp3) is 0.786. The largest absolute Gasteiger partial charge is 0.393 e. The van der Waals surface area contributed by atoms with Crippen molar-refractivity contribution in [2.24, 2.45) is 5.92 Å². The van der Waals surface area contributed by atoms with E-state index >= 15 is 0 Å². The topological polar surface area (TPSA) is 66.3 Å². The SMILES string of the molecule is CC(O)C1CCN(C(=O)c2snnc2C(C)(C)C)CC1. The molecule has 0 bridgehead atoms. The normalized spacial score (nSPS) is 19.1. The van der Waals surface area contributed by atoms with Crippen LogP contribution in [0.3, 0.4) is 0 Å². The first-order valence-electron chi connectivity index (χ1n) is 7.11. The van der Waals surface area contributed by atoms with Gasteiger partial charge >= 0.3 is 0 Å². The van der Waals surface area contributed by atoms with Crippen LogP contribution in [0.2, 0.25) is 0 Å². The van der Waals surface area contributed by atoms with Crippen LogP contribution >= 0.6 is 11.5 Å². The fourth-order valence-electron chi connectivity index (χ4n) is 2.55. The molecule has 0 aliphatic carbocycles. The van der Waals surface area contributed by atoms with Gasteiger partial charge in [0.05, 0.1) is 11.8 Å². The molecule has 2 rings (SSSR count). The Bertz CT molecular complexity index is 471. The van der Waals surface area contributed by atoms with Crippen molar-refractivity contribution in [1.29, 1.82) is 0 Å². The Kier molecular flexibility index (Phi) is 4.44. The van der Waals surface area contributed by atoms with E-state index in [9.17, 15) is 9.90 Å². The minimum Gasteiger partial charge on any atom is -0.393 e. The van der Waals surface area contributed by atoms with Gasteiger partial charge in [0.15, 0.2) is 0 Å². The van der Waals surface area contributed by atoms with Gasteiger partial charge in [0.2, 0.25) is 0 Å². The Balaban J connectivity index is 2.08. The van der Waals surface area contributed by atoms with Crippen molar-refractivity contribution in [2.45, 2.75) is 52.1 Å². The minimum atomic E-state index is -0.289. The van der Waals surface area contributed by atoms with Gasteiger partial charge in [-0.15, -0.1) is 5.10 Å². The van der Waals surface area contributed by atoms with Gasteiger partial charge in [-0.25, -0.2) is 0 Å². The van der Waals surface area contributed by atoms with Gasteiger partial charge in [-0.05, 0) is 37.2 Å². The summed E-state index contributed by atoms with van der Waals surface area (Å²) < 4.78 is 3.95. The van der Waals surface area contributed by atoms with Gasteiger partial charge in [-0.1, -0.05) is 25.3 Å². The second-order valence-corrected chi connectivity index (χ2v) is 7.33. The van der Waals surface area contributed by atoms with Gasteiger partial charge in [0.25, 0.3) is 5.91 Å². The molecule has 0 saturated carbocycles. The highest BCUT2D eigenvalue weighted by Crippen LogP contribution is 2.28. The molecule has 1 saturated heterocycles. The van der Waals surface area contributed by atoms with Gasteiger partial charge in [0, 0.05) is 18.5 Å². The number of rotatable bonds is 2. The fourth-order valence-corrected chi connectivity index (χ4v) is 3.39. The van der Waals surface area contributed by atoms with Crippen molar-refractivity contribution < 1.29 is 9.90 Å². The quantitative estimate of drug-likeness (QED) is 0.907. The summed E-state index contributed by atoms with van der Waals surface area (Å²) in [5, 5.41) is 13.7. The molecule has 1 aliphatic rings. The second kappa shape index (κ2) is 5.77. The molecule has 6 heteroatoms. The van der Waals surface area contributed by atoms with Crippen molar-refractivity contribution in [1.82, 2.24) is 14.5 Å². The maximum atomic E-state index is 12.6. The van der Waals surface area contributed by atoms with E-state index in [1.165, 1.54) is 11.5 Å². The van der Waals surface area contributed by atoms with Crippen LogP contribution in [0.5, 0.6) is 0 Å². The monoisotopic (exact) mass is 297 g/mol. The Morgan fingerprint density at radius 1 is 1.40 bits per heavy atom. The molecule has 1 aliphatic heterocycles. The molecular formula is C14H23N3O2S. The smallest absolute Gasteiger partial charge is 0.267 e. The van der Waals surface area contributed by atoms with Crippen LogP contribution in [0.25, 0.3) is 0 Å². The van der Waals surface area contributed by atoms with E-state index in [2.05, 4.69) is 9.59 Å². The van der Waals surface area contributed by atoms with Crippen molar-refractivity contribution in [3.05, 3.63) is 10.6 Å². The highest BCUT2D eigenvalue weighted by Gasteiger charge is 2.31. The van der Waals surface area contributed by atoms with Gasteiger partial charge < -0.3 is 10.0 Å². The molecule has 0 aromatic carbocycles. The first kappa shape index (κ1) is 15.4. The summed E-state index contributed by atoms with van der Waals surface area (Å²) >= 11 is 1.18. The molecule has 1 amide bonds. The lowest BCUT2D eigenvalue weighted by Crippen LogP contribution is -2.41. The molecule has 2 heterocycles. The van der Waals surface area contributed by atoms with E-state index < -0.39 is 0 Å². The summed E-state index contributed by atoms with van der Waals surface area (Å²) in [5.74, 6) is 0.342. The Labute approximate surface area is 124 Å². The molecule has 112 valence electrons. The van der Waals surface area contributed by atoms with Crippen molar-refractivity contribution in [3.8, 4) is 0 Å². The lowest BCUT2D eigenvalue weighted by molar-refractivity contribution is 0.0523. The van der Waals surface area contributed by atoms with Crippen molar-refractivity contribution in [2.75, 3.05) is 13.1 Å². The van der Waals surface area contributed by atoms with Gasteiger partial charge in [0.1, 0.15) is 4.88 Å². The molecule has 1 aromatic rings. The van der Waals surface area contributed by atoms with Crippen LogP contribution in [0, 0.1) is 5.92 Å². The maximum Gasteiger partial charge on any atom is 0.267 e. The molecule has 20 heavy (non-hydrogen) atoms. The van der Waals surface area contributed by atoms with Crippen LogP contribution in [0.4, 0.5) is 0 Å². The first-order chi connectivity index (χ1) is 9.30. The number of hydrogen-bond donors (Lipinski definition) is 1. The van der Waals surface area contributed by atoms with E-state index in [1.807, 2.05) is 32.6 Å². The predicted octanol–water partition coefficient (Wildman–Crippen LogP) is 2.07. The highest BCUT2D eigenvalue weighted by molar-refractivity contribution is 7.08. The Morgan fingerprint density at radius 2 is 2.00 bits per heavy atom. The number of aliphatic hydroxyl groups excluding tert-OH is 1. The zero-order chi connectivity index (χ0) is 14.9. The van der Waals surface area contributed by atoms with Crippen LogP contribution in [-0.4, -0.2) is 44.7 Å². The summed E-state index contributed by atoms with van der Waals surface area (Å²) in [6.07, 6.45) is 1.43. The van der Waals surface area contributed by atoms with E-state index in [1.54, 1.807) is 0 Å². The number of piperidine rings is 1. The Hall–Kier alpha value is -1.01. The summed E-state index contributed by atoms with van der Waals surface area (Å²) in [4.78, 5) is 15.1. The molecule has 1 atom stereocenters. The first-order valence-corrected chi connectivity index (χ1v) is 7.88. The zero-order valence-electron chi connectivity index (χ0n) is 12.6. The summed E-state index contributed by atoms with van der Waals surface area (Å²) in [5.41, 5.74) is 0.612. The van der Waals surface area contributed by atoms with Crippen LogP contribution < -0.4 is 0 Å². The van der Waals surface area contributed by atoms with Gasteiger partial charge in [-0.2, -0.15) is 0 Å². The average molecular weight is 297 g/mol. The lowest BCUT2D eigenvalue weighted by Gasteiger charge is -2.33. The lowest BCUT2D eigenvalue weighted by atomic mass is 9.90. The molecule has 1 fully saturated rings. The molecule has 1 aromatic heterocycles. The molecule has 1 unspecified atom stereocenters. The predicted molar refractivity (Wildman–Crippen MR) is 78.9 cm³/mol. The number of amides is 1. The third-order valence-electron chi connectivity index (χ3n) is 3.90. The number of carbonyl (C=O) groups excluding carboxylic acids is 1. The average Bonchev–Trinajstić information content (AvgIpc) is 2.87. The molecule has 5 nitrogen and oxygen atoms in total. The van der Waals surface area contributed by atoms with E-state index in [-0.39, 0.29) is 17.4 Å². The molecular weight excluding hydrogens is 274 g/mol. The summed E-state index contributed by atoms with van der Waals surface area (Å²) in [7, 11) is 0. The van der Waals surface area contributed by atoms with Crippen LogP contribution in [0.15, 0.2) is 0 Å². The zero-order valence-corrected chi connectivity index (χ0v) is 13.4. The maximum absolute atomic E-state index is 12.6. The number of aromatic nitrogens is 2. The van der Waals surface area contributed by atoms with Crippen LogP contribution in [0.1, 0.15) is 55.9 Å². The van der Waals surface area contributed by atoms with Crippen molar-refractivity contribution in [3.63, 3.8) is 0 Å². The molecule has 0 radical (unpaired) electrons. The number of aliphatic hydroxyl groups is 1. The number of hydrogen-bond acceptors (Lipinski definition) is 5. The van der Waals surface area contributed by atoms with Crippen molar-refractivity contribution >= 4 is 17.4 Å². The molecule has 0 spiro atoms. The minimum absolute atomic E-state index is 0.0361. The molecule has 1 N–H and O–H groups in total. The standard InChI is InChI=1S/C14H23N3O2S/c1-9(18)10-5-7-17(8-6-10)13(19)11-12(14(2,3)4)15-16-20-11/h9-10,18H,5-8H2,1-4H3. The van der Waals surface area contributed by atoms with Crippen LogP contribution in [-0.2, 0) is 5.41 Å². The number of carbonyl (C=O) groups is 1. The second-order valence-electron chi connectivity index (χ2n) is 6.57. The van der Waals surface area contributed by atoms with E-state index in [0.717, 1.165) is 18.5 Å². The number of nitrogens with zero attached hydrogens (tertiary/aromatic N) is 3. The highest BCUT2D eigenvalue weighted by atomic mass is 32.1. The Morgan fingerprint density at radius 3 is 2.50 bits per heavy atom.